The van der Waals surface area contributed by atoms with E-state index < -0.39 is 10.0 Å². The zero-order valence-electron chi connectivity index (χ0n) is 9.73. The molecule has 0 amide bonds. The van der Waals surface area contributed by atoms with E-state index in [2.05, 4.69) is 10.0 Å². The molecule has 2 N–H and O–H groups in total. The summed E-state index contributed by atoms with van der Waals surface area (Å²) in [5.41, 5.74) is 0. The highest BCUT2D eigenvalue weighted by Crippen LogP contribution is 2.00. The Balaban J connectivity index is 0.00000225. The minimum absolute atomic E-state index is 0. The SMILES string of the molecule is CC(C)OCCS(=O)(=O)NC1CCNC1.Cl. The van der Waals surface area contributed by atoms with E-state index in [1.54, 1.807) is 0 Å². The van der Waals surface area contributed by atoms with Crippen LogP contribution >= 0.6 is 12.4 Å². The van der Waals surface area contributed by atoms with Crippen molar-refractivity contribution in [2.24, 2.45) is 0 Å². The van der Waals surface area contributed by atoms with Crippen LogP contribution in [0.5, 0.6) is 0 Å². The number of hydrogen-bond donors (Lipinski definition) is 2. The van der Waals surface area contributed by atoms with E-state index in [1.165, 1.54) is 0 Å². The van der Waals surface area contributed by atoms with Gasteiger partial charge in [0.15, 0.2) is 0 Å². The second kappa shape index (κ2) is 7.45. The molecule has 16 heavy (non-hydrogen) atoms. The third-order valence-corrected chi connectivity index (χ3v) is 3.61. The molecular weight excluding hydrogens is 252 g/mol. The van der Waals surface area contributed by atoms with Crippen LogP contribution in [0, 0.1) is 0 Å². The third kappa shape index (κ3) is 6.65. The molecular formula is C9H21ClN2O3S. The van der Waals surface area contributed by atoms with Gasteiger partial charge in [-0.1, -0.05) is 0 Å². The van der Waals surface area contributed by atoms with E-state index >= 15 is 0 Å². The quantitative estimate of drug-likeness (QED) is 0.721. The van der Waals surface area contributed by atoms with Gasteiger partial charge in [0.25, 0.3) is 0 Å². The molecule has 5 nitrogen and oxygen atoms in total. The van der Waals surface area contributed by atoms with Crippen molar-refractivity contribution in [2.75, 3.05) is 25.4 Å². The fraction of sp³-hybridized carbons (Fsp3) is 1.00. The maximum atomic E-state index is 11.5. The molecule has 7 heteroatoms. The molecule has 1 rings (SSSR count). The summed E-state index contributed by atoms with van der Waals surface area (Å²) in [5, 5.41) is 3.11. The Kier molecular flexibility index (Phi) is 7.50. The van der Waals surface area contributed by atoms with Gasteiger partial charge in [-0.15, -0.1) is 12.4 Å². The van der Waals surface area contributed by atoms with Gasteiger partial charge in [0.05, 0.1) is 18.5 Å². The van der Waals surface area contributed by atoms with Crippen LogP contribution in [-0.4, -0.2) is 46.0 Å². The van der Waals surface area contributed by atoms with E-state index in [4.69, 9.17) is 4.74 Å². The van der Waals surface area contributed by atoms with Crippen molar-refractivity contribution in [3.8, 4) is 0 Å². The van der Waals surface area contributed by atoms with E-state index in [0.29, 0.717) is 0 Å². The van der Waals surface area contributed by atoms with E-state index in [9.17, 15) is 8.42 Å². The van der Waals surface area contributed by atoms with Crippen LogP contribution in [0.25, 0.3) is 0 Å². The van der Waals surface area contributed by atoms with Crippen molar-refractivity contribution < 1.29 is 13.2 Å². The van der Waals surface area contributed by atoms with Gasteiger partial charge >= 0.3 is 0 Å². The first kappa shape index (κ1) is 16.1. The maximum Gasteiger partial charge on any atom is 0.214 e. The molecule has 0 aromatic heterocycles. The fourth-order valence-electron chi connectivity index (χ4n) is 1.46. The molecule has 0 radical (unpaired) electrons. The summed E-state index contributed by atoms with van der Waals surface area (Å²) in [6.07, 6.45) is 0.943. The molecule has 1 unspecified atom stereocenters. The van der Waals surface area contributed by atoms with Crippen molar-refractivity contribution in [3.05, 3.63) is 0 Å². The first-order valence-corrected chi connectivity index (χ1v) is 6.97. The Morgan fingerprint density at radius 1 is 1.50 bits per heavy atom. The van der Waals surface area contributed by atoms with Gasteiger partial charge in [-0.05, 0) is 26.8 Å². The van der Waals surface area contributed by atoms with Crippen LogP contribution in [0.1, 0.15) is 20.3 Å². The minimum Gasteiger partial charge on any atom is -0.378 e. The average Bonchev–Trinajstić information content (AvgIpc) is 2.54. The second-order valence-electron chi connectivity index (χ2n) is 4.05. The van der Waals surface area contributed by atoms with Crippen molar-refractivity contribution in [3.63, 3.8) is 0 Å². The molecule has 0 spiro atoms. The number of nitrogens with one attached hydrogen (secondary N) is 2. The summed E-state index contributed by atoms with van der Waals surface area (Å²) in [5.74, 6) is 0.0433. The molecule has 0 aliphatic carbocycles. The summed E-state index contributed by atoms with van der Waals surface area (Å²) >= 11 is 0. The van der Waals surface area contributed by atoms with Gasteiger partial charge in [-0.3, -0.25) is 0 Å². The smallest absolute Gasteiger partial charge is 0.214 e. The standard InChI is InChI=1S/C9H20N2O3S.ClH/c1-8(2)14-5-6-15(12,13)11-9-3-4-10-7-9;/h8-11H,3-7H2,1-2H3;1H. The fourth-order valence-corrected chi connectivity index (χ4v) is 2.60. The highest BCUT2D eigenvalue weighted by molar-refractivity contribution is 7.89. The first-order valence-electron chi connectivity index (χ1n) is 5.32. The maximum absolute atomic E-state index is 11.5. The monoisotopic (exact) mass is 272 g/mol. The lowest BCUT2D eigenvalue weighted by molar-refractivity contribution is 0.0911. The van der Waals surface area contributed by atoms with Crippen molar-refractivity contribution in [1.29, 1.82) is 0 Å². The Labute approximate surface area is 104 Å². The van der Waals surface area contributed by atoms with Gasteiger partial charge in [-0.2, -0.15) is 0 Å². The highest BCUT2D eigenvalue weighted by Gasteiger charge is 2.20. The number of halogens is 1. The summed E-state index contributed by atoms with van der Waals surface area (Å²) in [7, 11) is -3.18. The van der Waals surface area contributed by atoms with Crippen LogP contribution in [0.3, 0.4) is 0 Å². The largest absolute Gasteiger partial charge is 0.378 e. The van der Waals surface area contributed by atoms with Crippen LogP contribution in [0.4, 0.5) is 0 Å². The second-order valence-corrected chi connectivity index (χ2v) is 5.92. The van der Waals surface area contributed by atoms with Gasteiger partial charge in [-0.25, -0.2) is 13.1 Å². The Morgan fingerprint density at radius 3 is 2.69 bits per heavy atom. The lowest BCUT2D eigenvalue weighted by Crippen LogP contribution is -2.38. The van der Waals surface area contributed by atoms with E-state index in [-0.39, 0.29) is 36.9 Å². The number of rotatable bonds is 6. The van der Waals surface area contributed by atoms with Gasteiger partial charge in [0.2, 0.25) is 10.0 Å². The predicted molar refractivity (Wildman–Crippen MR) is 66.5 cm³/mol. The molecule has 1 aliphatic rings. The Hall–Kier alpha value is 0.120. The Bertz CT molecular complexity index is 276. The summed E-state index contributed by atoms with van der Waals surface area (Å²) in [6.45, 7) is 5.65. The first-order chi connectivity index (χ1) is 6.99. The molecule has 0 aromatic carbocycles. The predicted octanol–water partition coefficient (Wildman–Crippen LogP) is 0.115. The number of sulfonamides is 1. The van der Waals surface area contributed by atoms with Crippen molar-refractivity contribution in [2.45, 2.75) is 32.4 Å². The summed E-state index contributed by atoms with van der Waals surface area (Å²) in [6, 6.07) is 0.0500. The topological polar surface area (TPSA) is 67.4 Å². The summed E-state index contributed by atoms with van der Waals surface area (Å²) in [4.78, 5) is 0. The molecule has 1 fully saturated rings. The molecule has 98 valence electrons. The molecule has 0 saturated carbocycles. The zero-order chi connectivity index (χ0) is 11.3. The minimum atomic E-state index is -3.18. The van der Waals surface area contributed by atoms with Crippen LogP contribution < -0.4 is 10.0 Å². The third-order valence-electron chi connectivity index (χ3n) is 2.21. The molecule has 1 aliphatic heterocycles. The average molecular weight is 273 g/mol. The normalized spacial score (nSPS) is 21.1. The number of hydrogen-bond acceptors (Lipinski definition) is 4. The Morgan fingerprint density at radius 2 is 2.19 bits per heavy atom. The number of ether oxygens (including phenoxy) is 1. The van der Waals surface area contributed by atoms with E-state index in [0.717, 1.165) is 19.5 Å². The lowest BCUT2D eigenvalue weighted by atomic mass is 10.3. The zero-order valence-corrected chi connectivity index (χ0v) is 11.4. The van der Waals surface area contributed by atoms with Gasteiger partial charge in [0, 0.05) is 12.6 Å². The molecule has 1 atom stereocenters. The lowest BCUT2D eigenvalue weighted by Gasteiger charge is -2.12. The molecule has 1 saturated heterocycles. The van der Waals surface area contributed by atoms with Crippen molar-refractivity contribution >= 4 is 22.4 Å². The summed E-state index contributed by atoms with van der Waals surface area (Å²) < 4.78 is 31.0. The van der Waals surface area contributed by atoms with Gasteiger partial charge < -0.3 is 10.1 Å². The highest BCUT2D eigenvalue weighted by atomic mass is 35.5. The van der Waals surface area contributed by atoms with Crippen LogP contribution in [-0.2, 0) is 14.8 Å². The van der Waals surface area contributed by atoms with Crippen LogP contribution in [0.2, 0.25) is 0 Å². The molecule has 1 heterocycles. The van der Waals surface area contributed by atoms with Crippen LogP contribution in [0.15, 0.2) is 0 Å². The molecule has 0 aromatic rings. The van der Waals surface area contributed by atoms with E-state index in [1.807, 2.05) is 13.8 Å². The van der Waals surface area contributed by atoms with Gasteiger partial charge in [0.1, 0.15) is 0 Å². The van der Waals surface area contributed by atoms with Crippen molar-refractivity contribution in [1.82, 2.24) is 10.0 Å². The molecule has 0 bridgehead atoms.